The van der Waals surface area contributed by atoms with Gasteiger partial charge in [0.2, 0.25) is 0 Å². The number of hydrogen-bond donors (Lipinski definition) is 2. The third kappa shape index (κ3) is 2.96. The maximum absolute atomic E-state index is 13.7. The molecular weight excluding hydrogens is 361 g/mol. The van der Waals surface area contributed by atoms with Crippen molar-refractivity contribution in [1.29, 1.82) is 0 Å². The Morgan fingerprint density at radius 3 is 3.04 bits per heavy atom. The zero-order chi connectivity index (χ0) is 19.3. The van der Waals surface area contributed by atoms with Crippen molar-refractivity contribution in [3.8, 4) is 0 Å². The summed E-state index contributed by atoms with van der Waals surface area (Å²) in [6, 6.07) is 8.06. The lowest BCUT2D eigenvalue weighted by Gasteiger charge is -2.29. The molecule has 2 N–H and O–H groups in total. The van der Waals surface area contributed by atoms with E-state index in [1.54, 1.807) is 6.07 Å². The lowest BCUT2D eigenvalue weighted by molar-refractivity contribution is -0.110. The number of hydrogen-bond acceptors (Lipinski definition) is 5. The first-order chi connectivity index (χ1) is 13.6. The minimum atomic E-state index is -0.399. The number of ether oxygens (including phenoxy) is 1. The SMILES string of the molecule is O=C1Nc2ccc(F)cc2/C1=C1/OCc2nc(CN3CCCC(O)C3)ccc21. The van der Waals surface area contributed by atoms with E-state index in [4.69, 9.17) is 9.72 Å². The van der Waals surface area contributed by atoms with E-state index < -0.39 is 5.82 Å². The van der Waals surface area contributed by atoms with Gasteiger partial charge >= 0.3 is 0 Å². The molecule has 1 aromatic carbocycles. The molecule has 2 aromatic rings. The van der Waals surface area contributed by atoms with Crippen molar-refractivity contribution in [2.45, 2.75) is 32.1 Å². The number of aromatic nitrogens is 1. The van der Waals surface area contributed by atoms with Crippen molar-refractivity contribution in [1.82, 2.24) is 9.88 Å². The molecule has 3 aliphatic heterocycles. The molecule has 144 valence electrons. The summed E-state index contributed by atoms with van der Waals surface area (Å²) in [4.78, 5) is 19.4. The summed E-state index contributed by atoms with van der Waals surface area (Å²) in [5, 5.41) is 12.6. The van der Waals surface area contributed by atoms with Crippen LogP contribution in [0.2, 0.25) is 0 Å². The first-order valence-electron chi connectivity index (χ1n) is 9.46. The summed E-state index contributed by atoms with van der Waals surface area (Å²) in [5.74, 6) is -0.247. The Kier molecular flexibility index (Phi) is 4.14. The van der Waals surface area contributed by atoms with Crippen LogP contribution in [0.5, 0.6) is 0 Å². The zero-order valence-electron chi connectivity index (χ0n) is 15.2. The van der Waals surface area contributed by atoms with Crippen LogP contribution in [0, 0.1) is 5.82 Å². The van der Waals surface area contributed by atoms with E-state index in [1.165, 1.54) is 12.1 Å². The molecule has 7 heteroatoms. The smallest absolute Gasteiger partial charge is 0.260 e. The number of β-amino-alcohol motifs (C(OH)–C–C–N with tert-alkyl or cyclic N) is 1. The first-order valence-corrected chi connectivity index (χ1v) is 9.46. The molecule has 0 saturated carbocycles. The Hall–Kier alpha value is -2.77. The van der Waals surface area contributed by atoms with Gasteiger partial charge < -0.3 is 15.2 Å². The van der Waals surface area contributed by atoms with Crippen LogP contribution in [-0.2, 0) is 22.7 Å². The monoisotopic (exact) mass is 381 g/mol. The second-order valence-corrected chi connectivity index (χ2v) is 7.46. The Labute approximate surface area is 161 Å². The largest absolute Gasteiger partial charge is 0.486 e. The molecule has 28 heavy (non-hydrogen) atoms. The van der Waals surface area contributed by atoms with E-state index in [0.29, 0.717) is 35.7 Å². The first kappa shape index (κ1) is 17.3. The van der Waals surface area contributed by atoms with Gasteiger partial charge in [0, 0.05) is 29.9 Å². The number of benzene rings is 1. The molecule has 1 unspecified atom stereocenters. The number of fused-ring (bicyclic) bond motifs is 2. The number of pyridine rings is 1. The predicted octanol–water partition coefficient (Wildman–Crippen LogP) is 2.53. The molecule has 0 spiro atoms. The van der Waals surface area contributed by atoms with Gasteiger partial charge in [0.15, 0.2) is 0 Å². The number of nitrogens with zero attached hydrogens (tertiary/aromatic N) is 2. The fraction of sp³-hybridized carbons (Fsp3) is 0.333. The minimum absolute atomic E-state index is 0.274. The Morgan fingerprint density at radius 2 is 2.18 bits per heavy atom. The van der Waals surface area contributed by atoms with Crippen molar-refractivity contribution in [3.63, 3.8) is 0 Å². The standard InChI is InChI=1S/C21H20FN3O3/c22-12-3-6-17-16(8-12)19(21(27)24-17)20-15-5-4-13(23-18(15)11-28-20)9-25-7-1-2-14(26)10-25/h3-6,8,14,26H,1-2,7,9-11H2,(H,24,27)/b20-19-. The topological polar surface area (TPSA) is 74.7 Å². The van der Waals surface area contributed by atoms with Gasteiger partial charge in [0.25, 0.3) is 5.91 Å². The van der Waals surface area contributed by atoms with Gasteiger partial charge in [-0.25, -0.2) is 4.39 Å². The lowest BCUT2D eigenvalue weighted by atomic mass is 10.0. The normalized spacial score (nSPS) is 23.9. The summed E-state index contributed by atoms with van der Waals surface area (Å²) in [6.07, 6.45) is 1.56. The van der Waals surface area contributed by atoms with Crippen molar-refractivity contribution in [2.24, 2.45) is 0 Å². The number of likely N-dealkylation sites (tertiary alicyclic amines) is 1. The van der Waals surface area contributed by atoms with E-state index in [-0.39, 0.29) is 18.6 Å². The maximum Gasteiger partial charge on any atom is 0.260 e. The highest BCUT2D eigenvalue weighted by atomic mass is 19.1. The highest BCUT2D eigenvalue weighted by Gasteiger charge is 2.33. The molecule has 1 aromatic heterocycles. The number of anilines is 1. The van der Waals surface area contributed by atoms with Gasteiger partial charge in [0.05, 0.1) is 23.1 Å². The Morgan fingerprint density at radius 1 is 1.29 bits per heavy atom. The number of rotatable bonds is 2. The van der Waals surface area contributed by atoms with Gasteiger partial charge in [-0.3, -0.25) is 14.7 Å². The molecule has 5 rings (SSSR count). The molecule has 1 fully saturated rings. The Bertz CT molecular complexity index is 1000. The second kappa shape index (κ2) is 6.68. The van der Waals surface area contributed by atoms with E-state index in [1.807, 2.05) is 12.1 Å². The highest BCUT2D eigenvalue weighted by molar-refractivity contribution is 6.36. The van der Waals surface area contributed by atoms with Crippen LogP contribution in [-0.4, -0.2) is 40.1 Å². The van der Waals surface area contributed by atoms with Gasteiger partial charge in [-0.1, -0.05) is 0 Å². The van der Waals surface area contributed by atoms with Crippen molar-refractivity contribution < 1.29 is 19.0 Å². The summed E-state index contributed by atoms with van der Waals surface area (Å²) < 4.78 is 19.5. The maximum atomic E-state index is 13.7. The van der Waals surface area contributed by atoms with Crippen LogP contribution >= 0.6 is 0 Å². The average molecular weight is 381 g/mol. The summed E-state index contributed by atoms with van der Waals surface area (Å²) in [6.45, 7) is 2.56. The lowest BCUT2D eigenvalue weighted by Crippen LogP contribution is -2.37. The van der Waals surface area contributed by atoms with Crippen molar-refractivity contribution >= 4 is 22.9 Å². The summed E-state index contributed by atoms with van der Waals surface area (Å²) >= 11 is 0. The molecule has 0 bridgehead atoms. The zero-order valence-corrected chi connectivity index (χ0v) is 15.2. The molecule has 1 atom stereocenters. The van der Waals surface area contributed by atoms with Crippen LogP contribution in [0.1, 0.15) is 35.4 Å². The third-order valence-electron chi connectivity index (χ3n) is 5.45. The number of aliphatic hydroxyl groups is 1. The number of nitrogens with one attached hydrogen (secondary N) is 1. The van der Waals surface area contributed by atoms with Crippen LogP contribution in [0.15, 0.2) is 30.3 Å². The molecule has 0 radical (unpaired) electrons. The van der Waals surface area contributed by atoms with Gasteiger partial charge in [-0.05, 0) is 49.7 Å². The van der Waals surface area contributed by atoms with Crippen molar-refractivity contribution in [3.05, 3.63) is 58.7 Å². The molecule has 0 aliphatic carbocycles. The van der Waals surface area contributed by atoms with E-state index >= 15 is 0 Å². The van der Waals surface area contributed by atoms with E-state index in [9.17, 15) is 14.3 Å². The molecule has 4 heterocycles. The minimum Gasteiger partial charge on any atom is -0.486 e. The molecule has 6 nitrogen and oxygen atoms in total. The third-order valence-corrected chi connectivity index (χ3v) is 5.45. The number of carbonyl (C=O) groups excluding carboxylic acids is 1. The fourth-order valence-electron chi connectivity index (χ4n) is 4.15. The van der Waals surface area contributed by atoms with Crippen LogP contribution < -0.4 is 5.32 Å². The molecular formula is C21H20FN3O3. The van der Waals surface area contributed by atoms with Crippen LogP contribution in [0.4, 0.5) is 10.1 Å². The number of carbonyl (C=O) groups is 1. The molecule has 1 amide bonds. The predicted molar refractivity (Wildman–Crippen MR) is 101 cm³/mol. The highest BCUT2D eigenvalue weighted by Crippen LogP contribution is 2.41. The van der Waals surface area contributed by atoms with E-state index in [0.717, 1.165) is 36.3 Å². The van der Waals surface area contributed by atoms with Crippen LogP contribution in [0.25, 0.3) is 11.3 Å². The van der Waals surface area contributed by atoms with Gasteiger partial charge in [-0.2, -0.15) is 0 Å². The Balaban J connectivity index is 1.47. The average Bonchev–Trinajstić information content (AvgIpc) is 3.21. The second-order valence-electron chi connectivity index (χ2n) is 7.46. The van der Waals surface area contributed by atoms with Gasteiger partial charge in [0.1, 0.15) is 18.2 Å². The van der Waals surface area contributed by atoms with Crippen LogP contribution in [0.3, 0.4) is 0 Å². The fourth-order valence-corrected chi connectivity index (χ4v) is 4.15. The quantitative estimate of drug-likeness (QED) is 0.782. The number of aliphatic hydroxyl groups excluding tert-OH is 1. The number of halogens is 1. The molecule has 1 saturated heterocycles. The summed E-state index contributed by atoms with van der Waals surface area (Å²) in [7, 11) is 0. The van der Waals surface area contributed by atoms with Gasteiger partial charge in [-0.15, -0.1) is 0 Å². The summed E-state index contributed by atoms with van der Waals surface area (Å²) in [5.41, 5.74) is 3.89. The molecule has 3 aliphatic rings. The van der Waals surface area contributed by atoms with E-state index in [2.05, 4.69) is 10.2 Å². The van der Waals surface area contributed by atoms with Crippen molar-refractivity contribution in [2.75, 3.05) is 18.4 Å². The number of piperidine rings is 1. The number of amides is 1.